The molecule has 9 heavy (non-hydrogen) atoms. The number of cyclic esters (lactones) is 1. The summed E-state index contributed by atoms with van der Waals surface area (Å²) < 4.78 is 4.73. The van der Waals surface area contributed by atoms with Crippen LogP contribution in [0.5, 0.6) is 0 Å². The molecule has 0 aromatic carbocycles. The zero-order chi connectivity index (χ0) is 6.85. The molecular weight excluding hydrogens is 120 g/mol. The maximum Gasteiger partial charge on any atom is 0.308 e. The van der Waals surface area contributed by atoms with E-state index in [1.807, 2.05) is 6.92 Å². The van der Waals surface area contributed by atoms with Gasteiger partial charge in [0.1, 0.15) is 12.2 Å². The SMILES string of the molecule is CC[C@H]1OC(=O)C[C@H]1O. The number of hydrogen-bond acceptors (Lipinski definition) is 3. The molecule has 3 nitrogen and oxygen atoms in total. The van der Waals surface area contributed by atoms with Crippen LogP contribution < -0.4 is 0 Å². The fourth-order valence-corrected chi connectivity index (χ4v) is 0.953. The van der Waals surface area contributed by atoms with Crippen molar-refractivity contribution in [1.29, 1.82) is 0 Å². The van der Waals surface area contributed by atoms with E-state index in [2.05, 4.69) is 0 Å². The maximum atomic E-state index is 10.4. The molecule has 0 aliphatic carbocycles. The highest BCUT2D eigenvalue weighted by Crippen LogP contribution is 2.16. The number of hydrogen-bond donors (Lipinski definition) is 1. The van der Waals surface area contributed by atoms with Gasteiger partial charge in [-0.05, 0) is 6.42 Å². The summed E-state index contributed by atoms with van der Waals surface area (Å²) in [6.07, 6.45) is 0.0470. The first-order chi connectivity index (χ1) is 4.24. The van der Waals surface area contributed by atoms with Crippen molar-refractivity contribution in [3.8, 4) is 0 Å². The average Bonchev–Trinajstić information content (AvgIpc) is 2.10. The van der Waals surface area contributed by atoms with Crippen LogP contribution in [0.25, 0.3) is 0 Å². The zero-order valence-electron chi connectivity index (χ0n) is 5.33. The quantitative estimate of drug-likeness (QED) is 0.511. The Balaban J connectivity index is 2.47. The molecular formula is C6H10O3. The molecule has 0 radical (unpaired) electrons. The van der Waals surface area contributed by atoms with Crippen LogP contribution in [0.1, 0.15) is 19.8 Å². The van der Waals surface area contributed by atoms with Gasteiger partial charge in [0, 0.05) is 0 Å². The summed E-state index contributed by atoms with van der Waals surface area (Å²) in [5.74, 6) is -0.283. The average molecular weight is 130 g/mol. The minimum absolute atomic E-state index is 0.165. The second-order valence-corrected chi connectivity index (χ2v) is 2.21. The van der Waals surface area contributed by atoms with Crippen molar-refractivity contribution < 1.29 is 14.6 Å². The van der Waals surface area contributed by atoms with Crippen LogP contribution in [0, 0.1) is 0 Å². The van der Waals surface area contributed by atoms with E-state index in [1.54, 1.807) is 0 Å². The second-order valence-electron chi connectivity index (χ2n) is 2.21. The Morgan fingerprint density at radius 2 is 2.56 bits per heavy atom. The molecule has 0 amide bonds. The number of aliphatic hydroxyl groups excluding tert-OH is 1. The molecule has 1 heterocycles. The van der Waals surface area contributed by atoms with Gasteiger partial charge in [-0.3, -0.25) is 4.79 Å². The van der Waals surface area contributed by atoms with E-state index in [1.165, 1.54) is 0 Å². The highest BCUT2D eigenvalue weighted by molar-refractivity contribution is 5.72. The molecule has 1 aliphatic heterocycles. The molecule has 1 N–H and O–H groups in total. The number of carbonyl (C=O) groups excluding carboxylic acids is 1. The number of rotatable bonds is 1. The fraction of sp³-hybridized carbons (Fsp3) is 0.833. The highest BCUT2D eigenvalue weighted by Gasteiger charge is 2.31. The van der Waals surface area contributed by atoms with Crippen LogP contribution in [0.15, 0.2) is 0 Å². The molecule has 2 atom stereocenters. The van der Waals surface area contributed by atoms with Crippen LogP contribution >= 0.6 is 0 Å². The third-order valence-electron chi connectivity index (χ3n) is 1.49. The van der Waals surface area contributed by atoms with Crippen molar-refractivity contribution in [1.82, 2.24) is 0 Å². The van der Waals surface area contributed by atoms with E-state index in [9.17, 15) is 4.79 Å². The summed E-state index contributed by atoms with van der Waals surface area (Å²) in [7, 11) is 0. The van der Waals surface area contributed by atoms with E-state index < -0.39 is 6.10 Å². The van der Waals surface area contributed by atoms with Gasteiger partial charge in [-0.15, -0.1) is 0 Å². The van der Waals surface area contributed by atoms with Crippen LogP contribution in [-0.2, 0) is 9.53 Å². The monoisotopic (exact) mass is 130 g/mol. The third-order valence-corrected chi connectivity index (χ3v) is 1.49. The number of aliphatic hydroxyl groups is 1. The predicted molar refractivity (Wildman–Crippen MR) is 30.8 cm³/mol. The van der Waals surface area contributed by atoms with Crippen molar-refractivity contribution in [3.63, 3.8) is 0 Å². The minimum atomic E-state index is -0.567. The molecule has 0 spiro atoms. The summed E-state index contributed by atoms with van der Waals surface area (Å²) in [6.45, 7) is 1.88. The minimum Gasteiger partial charge on any atom is -0.460 e. The second kappa shape index (κ2) is 2.35. The fourth-order valence-electron chi connectivity index (χ4n) is 0.953. The standard InChI is InChI=1S/C6H10O3/c1-2-5-4(7)3-6(8)9-5/h4-5,7H,2-3H2,1H3/t4-,5-/m1/s1. The van der Waals surface area contributed by atoms with E-state index >= 15 is 0 Å². The van der Waals surface area contributed by atoms with Crippen molar-refractivity contribution >= 4 is 5.97 Å². The van der Waals surface area contributed by atoms with Gasteiger partial charge in [0.15, 0.2) is 0 Å². The Morgan fingerprint density at radius 3 is 2.78 bits per heavy atom. The van der Waals surface area contributed by atoms with Gasteiger partial charge in [-0.2, -0.15) is 0 Å². The van der Waals surface area contributed by atoms with Crippen molar-refractivity contribution in [3.05, 3.63) is 0 Å². The van der Waals surface area contributed by atoms with Crippen LogP contribution in [0.4, 0.5) is 0 Å². The van der Waals surface area contributed by atoms with Gasteiger partial charge in [0.05, 0.1) is 6.42 Å². The van der Waals surface area contributed by atoms with E-state index in [0.717, 1.165) is 0 Å². The summed E-state index contributed by atoms with van der Waals surface area (Å²) >= 11 is 0. The highest BCUT2D eigenvalue weighted by atomic mass is 16.6. The molecule has 0 saturated carbocycles. The van der Waals surface area contributed by atoms with Gasteiger partial charge in [-0.25, -0.2) is 0 Å². The number of ether oxygens (including phenoxy) is 1. The molecule has 0 bridgehead atoms. The number of carbonyl (C=O) groups is 1. The van der Waals surface area contributed by atoms with Gasteiger partial charge < -0.3 is 9.84 Å². The number of esters is 1. The predicted octanol–water partition coefficient (Wildman–Crippen LogP) is 0.0728. The lowest BCUT2D eigenvalue weighted by atomic mass is 10.1. The largest absolute Gasteiger partial charge is 0.460 e. The molecule has 3 heteroatoms. The van der Waals surface area contributed by atoms with Crippen molar-refractivity contribution in [2.24, 2.45) is 0 Å². The van der Waals surface area contributed by atoms with Crippen molar-refractivity contribution in [2.45, 2.75) is 32.0 Å². The van der Waals surface area contributed by atoms with Gasteiger partial charge in [-0.1, -0.05) is 6.92 Å². The summed E-state index contributed by atoms with van der Waals surface area (Å²) in [5, 5.41) is 9.01. The third kappa shape index (κ3) is 1.21. The van der Waals surface area contributed by atoms with E-state index in [-0.39, 0.29) is 18.5 Å². The Kier molecular flexibility index (Phi) is 1.71. The molecule has 0 unspecified atom stereocenters. The summed E-state index contributed by atoms with van der Waals surface area (Å²) in [4.78, 5) is 10.4. The van der Waals surface area contributed by atoms with Gasteiger partial charge in [0.25, 0.3) is 0 Å². The Labute approximate surface area is 53.6 Å². The van der Waals surface area contributed by atoms with Crippen LogP contribution in [0.3, 0.4) is 0 Å². The van der Waals surface area contributed by atoms with Gasteiger partial charge >= 0.3 is 5.97 Å². The first-order valence-corrected chi connectivity index (χ1v) is 3.11. The van der Waals surface area contributed by atoms with Crippen LogP contribution in [-0.4, -0.2) is 23.3 Å². The Hall–Kier alpha value is -0.570. The molecule has 0 aromatic heterocycles. The normalized spacial score (nSPS) is 34.7. The summed E-state index contributed by atoms with van der Waals surface area (Å²) in [5.41, 5.74) is 0. The maximum absolute atomic E-state index is 10.4. The van der Waals surface area contributed by atoms with E-state index in [0.29, 0.717) is 6.42 Å². The van der Waals surface area contributed by atoms with E-state index in [4.69, 9.17) is 9.84 Å². The molecule has 1 aliphatic rings. The summed E-state index contributed by atoms with van der Waals surface area (Å²) in [6, 6.07) is 0. The van der Waals surface area contributed by atoms with Crippen LogP contribution in [0.2, 0.25) is 0 Å². The first-order valence-electron chi connectivity index (χ1n) is 3.11. The lowest BCUT2D eigenvalue weighted by Gasteiger charge is -2.07. The van der Waals surface area contributed by atoms with Gasteiger partial charge in [0.2, 0.25) is 0 Å². The molecule has 1 fully saturated rings. The molecule has 0 aromatic rings. The molecule has 52 valence electrons. The van der Waals surface area contributed by atoms with Crippen molar-refractivity contribution in [2.75, 3.05) is 0 Å². The Bertz CT molecular complexity index is 121. The first kappa shape index (κ1) is 6.55. The topological polar surface area (TPSA) is 46.5 Å². The smallest absolute Gasteiger partial charge is 0.308 e. The molecule has 1 saturated heterocycles. The zero-order valence-corrected chi connectivity index (χ0v) is 5.33. The lowest BCUT2D eigenvalue weighted by molar-refractivity contribution is -0.141. The lowest BCUT2D eigenvalue weighted by Crippen LogP contribution is -2.18. The Morgan fingerprint density at radius 1 is 1.89 bits per heavy atom. The molecule has 1 rings (SSSR count).